The van der Waals surface area contributed by atoms with E-state index in [0.717, 1.165) is 6.42 Å². The van der Waals surface area contributed by atoms with E-state index in [0.29, 0.717) is 18.7 Å². The molecule has 90 valence electrons. The first-order chi connectivity index (χ1) is 7.63. The summed E-state index contributed by atoms with van der Waals surface area (Å²) in [4.78, 5) is 4.00. The highest BCUT2D eigenvalue weighted by molar-refractivity contribution is 7.91. The van der Waals surface area contributed by atoms with Gasteiger partial charge in [-0.2, -0.15) is 4.98 Å². The van der Waals surface area contributed by atoms with E-state index in [2.05, 4.69) is 10.1 Å². The third-order valence-electron chi connectivity index (χ3n) is 2.68. The number of nitrogens with zero attached hydrogens (tertiary/aromatic N) is 2. The van der Waals surface area contributed by atoms with Gasteiger partial charge in [0.25, 0.3) is 0 Å². The Balaban J connectivity index is 2.22. The number of aliphatic hydroxyl groups is 1. The molecule has 0 spiro atoms. The molecule has 1 N–H and O–H groups in total. The molecule has 2 rings (SSSR count). The summed E-state index contributed by atoms with van der Waals surface area (Å²) in [6, 6.07) is 0. The average molecular weight is 246 g/mol. The third-order valence-corrected chi connectivity index (χ3v) is 4.85. The van der Waals surface area contributed by atoms with E-state index in [4.69, 9.17) is 9.63 Å². The van der Waals surface area contributed by atoms with Gasteiger partial charge in [0.1, 0.15) is 5.25 Å². The molecule has 1 aliphatic heterocycles. The van der Waals surface area contributed by atoms with Crippen LogP contribution in [0.1, 0.15) is 36.2 Å². The maximum Gasteiger partial charge on any atom is 0.228 e. The lowest BCUT2D eigenvalue weighted by Gasteiger charge is -2.18. The summed E-state index contributed by atoms with van der Waals surface area (Å²) < 4.78 is 28.4. The van der Waals surface area contributed by atoms with Crippen molar-refractivity contribution < 1.29 is 18.0 Å². The Morgan fingerprint density at radius 1 is 1.44 bits per heavy atom. The maximum absolute atomic E-state index is 11.8. The van der Waals surface area contributed by atoms with Gasteiger partial charge < -0.3 is 9.63 Å². The van der Waals surface area contributed by atoms with E-state index >= 15 is 0 Å². The van der Waals surface area contributed by atoms with Crippen molar-refractivity contribution in [2.75, 3.05) is 12.4 Å². The van der Waals surface area contributed by atoms with Gasteiger partial charge in [-0.3, -0.25) is 0 Å². The molecule has 0 radical (unpaired) electrons. The van der Waals surface area contributed by atoms with Crippen LogP contribution in [0.5, 0.6) is 0 Å². The summed E-state index contributed by atoms with van der Waals surface area (Å²) in [5.41, 5.74) is 0. The van der Waals surface area contributed by atoms with Crippen molar-refractivity contribution in [1.29, 1.82) is 0 Å². The molecule has 1 aromatic rings. The minimum atomic E-state index is -3.13. The van der Waals surface area contributed by atoms with Crippen LogP contribution in [0.4, 0.5) is 0 Å². The largest absolute Gasteiger partial charge is 0.396 e. The van der Waals surface area contributed by atoms with Crippen molar-refractivity contribution in [2.24, 2.45) is 0 Å². The number of sulfone groups is 1. The van der Waals surface area contributed by atoms with E-state index in [1.54, 1.807) is 0 Å². The molecule has 1 aromatic heterocycles. The zero-order valence-corrected chi connectivity index (χ0v) is 9.61. The standard InChI is InChI=1S/C9H14N2O4S/c12-5-4-8-10-9(11-15-8)7-3-1-2-6-16(7,13)14/h7,12H,1-6H2. The van der Waals surface area contributed by atoms with E-state index in [-0.39, 0.29) is 24.6 Å². The van der Waals surface area contributed by atoms with Crippen LogP contribution in [0.15, 0.2) is 4.52 Å². The van der Waals surface area contributed by atoms with Gasteiger partial charge in [0.2, 0.25) is 5.89 Å². The van der Waals surface area contributed by atoms with Gasteiger partial charge in [-0.25, -0.2) is 8.42 Å². The molecule has 0 bridgehead atoms. The zero-order valence-electron chi connectivity index (χ0n) is 8.79. The molecule has 1 fully saturated rings. The van der Waals surface area contributed by atoms with Crippen LogP contribution in [0.25, 0.3) is 0 Å². The monoisotopic (exact) mass is 246 g/mol. The van der Waals surface area contributed by atoms with Gasteiger partial charge in [0.05, 0.1) is 18.8 Å². The Morgan fingerprint density at radius 3 is 2.94 bits per heavy atom. The van der Waals surface area contributed by atoms with Crippen LogP contribution in [-0.2, 0) is 16.3 Å². The minimum Gasteiger partial charge on any atom is -0.396 e. The SMILES string of the molecule is O=S1(=O)CCCCC1c1noc(CCO)n1. The van der Waals surface area contributed by atoms with Crippen LogP contribution < -0.4 is 0 Å². The fourth-order valence-electron chi connectivity index (χ4n) is 1.84. The highest BCUT2D eigenvalue weighted by Crippen LogP contribution is 2.31. The molecule has 7 heteroatoms. The van der Waals surface area contributed by atoms with Gasteiger partial charge in [0, 0.05) is 0 Å². The predicted octanol–water partition coefficient (Wildman–Crippen LogP) is 0.244. The first-order valence-corrected chi connectivity index (χ1v) is 7.00. The molecule has 0 amide bonds. The van der Waals surface area contributed by atoms with Gasteiger partial charge in [-0.1, -0.05) is 11.6 Å². The number of rotatable bonds is 3. The van der Waals surface area contributed by atoms with E-state index in [1.165, 1.54) is 0 Å². The molecule has 2 heterocycles. The predicted molar refractivity (Wildman–Crippen MR) is 55.5 cm³/mol. The van der Waals surface area contributed by atoms with Crippen LogP contribution in [0.3, 0.4) is 0 Å². The lowest BCUT2D eigenvalue weighted by Crippen LogP contribution is -2.22. The van der Waals surface area contributed by atoms with Crippen LogP contribution in [0.2, 0.25) is 0 Å². The van der Waals surface area contributed by atoms with Crippen molar-refractivity contribution in [3.05, 3.63) is 11.7 Å². The van der Waals surface area contributed by atoms with Crippen LogP contribution in [0, 0.1) is 0 Å². The number of aromatic nitrogens is 2. The highest BCUT2D eigenvalue weighted by atomic mass is 32.2. The molecule has 0 aromatic carbocycles. The van der Waals surface area contributed by atoms with Crippen molar-refractivity contribution in [3.8, 4) is 0 Å². The van der Waals surface area contributed by atoms with Gasteiger partial charge >= 0.3 is 0 Å². The summed E-state index contributed by atoms with van der Waals surface area (Å²) in [5, 5.41) is 11.7. The Bertz CT molecular complexity index is 454. The molecule has 16 heavy (non-hydrogen) atoms. The number of aliphatic hydroxyl groups excluding tert-OH is 1. The van der Waals surface area contributed by atoms with Crippen molar-refractivity contribution in [1.82, 2.24) is 10.1 Å². The quantitative estimate of drug-likeness (QED) is 0.821. The fraction of sp³-hybridized carbons (Fsp3) is 0.778. The molecule has 0 aliphatic carbocycles. The molecule has 0 saturated carbocycles. The Labute approximate surface area is 93.6 Å². The number of hydrogen-bond donors (Lipinski definition) is 1. The second kappa shape index (κ2) is 4.50. The average Bonchev–Trinajstić information content (AvgIpc) is 2.66. The van der Waals surface area contributed by atoms with Crippen LogP contribution >= 0.6 is 0 Å². The maximum atomic E-state index is 11.8. The van der Waals surface area contributed by atoms with Crippen molar-refractivity contribution in [3.63, 3.8) is 0 Å². The summed E-state index contributed by atoms with van der Waals surface area (Å²) in [6.45, 7) is -0.0843. The third kappa shape index (κ3) is 2.25. The van der Waals surface area contributed by atoms with E-state index in [1.807, 2.05) is 0 Å². The van der Waals surface area contributed by atoms with E-state index < -0.39 is 15.1 Å². The summed E-state index contributed by atoms with van der Waals surface area (Å²) in [5.74, 6) is 0.725. The second-order valence-electron chi connectivity index (χ2n) is 3.87. The number of hydrogen-bond acceptors (Lipinski definition) is 6. The summed E-state index contributed by atoms with van der Waals surface area (Å²) in [7, 11) is -3.13. The molecule has 6 nitrogen and oxygen atoms in total. The minimum absolute atomic E-state index is 0.0843. The van der Waals surface area contributed by atoms with Crippen molar-refractivity contribution in [2.45, 2.75) is 30.9 Å². The first-order valence-electron chi connectivity index (χ1n) is 5.28. The molecule has 1 atom stereocenters. The van der Waals surface area contributed by atoms with E-state index in [9.17, 15) is 8.42 Å². The summed E-state index contributed by atoms with van der Waals surface area (Å²) >= 11 is 0. The van der Waals surface area contributed by atoms with Crippen molar-refractivity contribution >= 4 is 9.84 Å². The van der Waals surface area contributed by atoms with Gasteiger partial charge in [-0.15, -0.1) is 0 Å². The highest BCUT2D eigenvalue weighted by Gasteiger charge is 2.33. The van der Waals surface area contributed by atoms with Crippen LogP contribution in [-0.4, -0.2) is 36.0 Å². The molecular formula is C9H14N2O4S. The zero-order chi connectivity index (χ0) is 11.6. The second-order valence-corrected chi connectivity index (χ2v) is 6.17. The Morgan fingerprint density at radius 2 is 2.25 bits per heavy atom. The molecule has 1 unspecified atom stereocenters. The fourth-order valence-corrected chi connectivity index (χ4v) is 3.67. The Hall–Kier alpha value is -0.950. The smallest absolute Gasteiger partial charge is 0.228 e. The Kier molecular flexibility index (Phi) is 3.25. The molecule has 1 aliphatic rings. The first kappa shape index (κ1) is 11.5. The lowest BCUT2D eigenvalue weighted by atomic mass is 10.2. The van der Waals surface area contributed by atoms with Gasteiger partial charge in [0.15, 0.2) is 15.7 Å². The van der Waals surface area contributed by atoms with Gasteiger partial charge in [-0.05, 0) is 12.8 Å². The normalized spacial score (nSPS) is 24.4. The molecule has 1 saturated heterocycles. The topological polar surface area (TPSA) is 93.3 Å². The lowest BCUT2D eigenvalue weighted by molar-refractivity contribution is 0.273. The molecular weight excluding hydrogens is 232 g/mol. The summed E-state index contributed by atoms with van der Waals surface area (Å²) in [6.07, 6.45) is 2.40.